The third-order valence-corrected chi connectivity index (χ3v) is 2.88. The second-order valence-corrected chi connectivity index (χ2v) is 4.07. The number of rotatable bonds is 5. The highest BCUT2D eigenvalue weighted by atomic mass is 16.5. The first-order valence-electron chi connectivity index (χ1n) is 5.83. The number of anilines is 2. The first kappa shape index (κ1) is 11.2. The van der Waals surface area contributed by atoms with Crippen molar-refractivity contribution < 1.29 is 4.74 Å². The van der Waals surface area contributed by atoms with E-state index >= 15 is 0 Å². The SMILES string of the molecule is CCOC1CC(Nc2ccnc(NC)c2)C1. The van der Waals surface area contributed by atoms with Gasteiger partial charge in [-0.05, 0) is 25.8 Å². The molecule has 0 bridgehead atoms. The van der Waals surface area contributed by atoms with Gasteiger partial charge in [0.1, 0.15) is 5.82 Å². The summed E-state index contributed by atoms with van der Waals surface area (Å²) >= 11 is 0. The van der Waals surface area contributed by atoms with E-state index in [-0.39, 0.29) is 0 Å². The monoisotopic (exact) mass is 221 g/mol. The Kier molecular flexibility index (Phi) is 3.62. The lowest BCUT2D eigenvalue weighted by Gasteiger charge is -2.36. The molecule has 1 aliphatic rings. The van der Waals surface area contributed by atoms with E-state index in [1.54, 1.807) is 0 Å². The molecular formula is C12H19N3O. The van der Waals surface area contributed by atoms with E-state index in [0.29, 0.717) is 12.1 Å². The molecule has 0 aliphatic heterocycles. The van der Waals surface area contributed by atoms with Gasteiger partial charge in [-0.2, -0.15) is 0 Å². The minimum absolute atomic E-state index is 0.452. The van der Waals surface area contributed by atoms with E-state index in [0.717, 1.165) is 31.0 Å². The van der Waals surface area contributed by atoms with Gasteiger partial charge >= 0.3 is 0 Å². The molecule has 0 radical (unpaired) electrons. The molecule has 2 N–H and O–H groups in total. The average Bonchev–Trinajstić information content (AvgIpc) is 2.27. The summed E-state index contributed by atoms with van der Waals surface area (Å²) in [6, 6.07) is 4.56. The van der Waals surface area contributed by atoms with Crippen LogP contribution < -0.4 is 10.6 Å². The van der Waals surface area contributed by atoms with Crippen LogP contribution in [0.5, 0.6) is 0 Å². The van der Waals surface area contributed by atoms with Crippen molar-refractivity contribution in [3.8, 4) is 0 Å². The van der Waals surface area contributed by atoms with Gasteiger partial charge in [0.15, 0.2) is 0 Å². The molecule has 88 valence electrons. The molecule has 1 saturated carbocycles. The molecule has 16 heavy (non-hydrogen) atoms. The summed E-state index contributed by atoms with van der Waals surface area (Å²) in [4.78, 5) is 4.18. The quantitative estimate of drug-likeness (QED) is 0.799. The Morgan fingerprint density at radius 1 is 1.50 bits per heavy atom. The van der Waals surface area contributed by atoms with Crippen molar-refractivity contribution in [1.29, 1.82) is 0 Å². The fraction of sp³-hybridized carbons (Fsp3) is 0.583. The number of nitrogens with one attached hydrogen (secondary N) is 2. The van der Waals surface area contributed by atoms with Crippen LogP contribution in [-0.2, 0) is 4.74 Å². The van der Waals surface area contributed by atoms with Gasteiger partial charge in [-0.25, -0.2) is 4.98 Å². The van der Waals surface area contributed by atoms with Gasteiger partial charge in [0.2, 0.25) is 0 Å². The number of hydrogen-bond donors (Lipinski definition) is 2. The molecule has 1 heterocycles. The minimum Gasteiger partial charge on any atom is -0.382 e. The fourth-order valence-corrected chi connectivity index (χ4v) is 1.95. The Morgan fingerprint density at radius 2 is 2.31 bits per heavy atom. The van der Waals surface area contributed by atoms with Crippen LogP contribution in [0.4, 0.5) is 11.5 Å². The largest absolute Gasteiger partial charge is 0.382 e. The maximum absolute atomic E-state index is 5.53. The minimum atomic E-state index is 0.452. The Bertz CT molecular complexity index is 337. The first-order chi connectivity index (χ1) is 7.81. The molecule has 4 nitrogen and oxygen atoms in total. The standard InChI is InChI=1S/C12H19N3O/c1-3-16-11-6-10(7-11)15-9-4-5-14-12(8-9)13-2/h4-5,8,10-11H,3,6-7H2,1-2H3,(H2,13,14,15). The summed E-state index contributed by atoms with van der Waals surface area (Å²) in [5, 5.41) is 6.51. The Hall–Kier alpha value is -1.29. The van der Waals surface area contributed by atoms with Crippen molar-refractivity contribution in [2.24, 2.45) is 0 Å². The van der Waals surface area contributed by atoms with E-state index in [2.05, 4.69) is 15.6 Å². The molecule has 0 spiro atoms. The van der Waals surface area contributed by atoms with Gasteiger partial charge in [0.25, 0.3) is 0 Å². The van der Waals surface area contributed by atoms with E-state index in [9.17, 15) is 0 Å². The van der Waals surface area contributed by atoms with Crippen LogP contribution in [0.1, 0.15) is 19.8 Å². The van der Waals surface area contributed by atoms with Crippen molar-refractivity contribution in [3.63, 3.8) is 0 Å². The topological polar surface area (TPSA) is 46.2 Å². The molecule has 0 atom stereocenters. The average molecular weight is 221 g/mol. The highest BCUT2D eigenvalue weighted by Gasteiger charge is 2.29. The third kappa shape index (κ3) is 2.64. The van der Waals surface area contributed by atoms with E-state index in [1.807, 2.05) is 32.3 Å². The van der Waals surface area contributed by atoms with Crippen molar-refractivity contribution in [1.82, 2.24) is 4.98 Å². The first-order valence-corrected chi connectivity index (χ1v) is 5.83. The molecule has 0 aromatic carbocycles. The van der Waals surface area contributed by atoms with Crippen molar-refractivity contribution >= 4 is 11.5 Å². The van der Waals surface area contributed by atoms with E-state index in [4.69, 9.17) is 4.74 Å². The zero-order valence-corrected chi connectivity index (χ0v) is 9.86. The summed E-state index contributed by atoms with van der Waals surface area (Å²) in [6.45, 7) is 2.86. The van der Waals surface area contributed by atoms with E-state index < -0.39 is 0 Å². The predicted molar refractivity (Wildman–Crippen MR) is 65.8 cm³/mol. The lowest BCUT2D eigenvalue weighted by Crippen LogP contribution is -2.40. The highest BCUT2D eigenvalue weighted by molar-refractivity contribution is 5.52. The number of ether oxygens (including phenoxy) is 1. The smallest absolute Gasteiger partial charge is 0.127 e. The Morgan fingerprint density at radius 3 is 3.00 bits per heavy atom. The summed E-state index contributed by atoms with van der Waals surface area (Å²) in [5.74, 6) is 0.894. The number of pyridine rings is 1. The van der Waals surface area contributed by atoms with Crippen LogP contribution in [0.25, 0.3) is 0 Å². The number of aromatic nitrogens is 1. The maximum atomic E-state index is 5.53. The third-order valence-electron chi connectivity index (χ3n) is 2.88. The van der Waals surface area contributed by atoms with Gasteiger partial charge in [-0.15, -0.1) is 0 Å². The Labute approximate surface area is 96.4 Å². The van der Waals surface area contributed by atoms with Gasteiger partial charge < -0.3 is 15.4 Å². The predicted octanol–water partition coefficient (Wildman–Crippen LogP) is 2.10. The van der Waals surface area contributed by atoms with E-state index in [1.165, 1.54) is 0 Å². The summed E-state index contributed by atoms with van der Waals surface area (Å²) in [5.41, 5.74) is 1.12. The van der Waals surface area contributed by atoms with Crippen LogP contribution in [0.15, 0.2) is 18.3 Å². The van der Waals surface area contributed by atoms with Crippen molar-refractivity contribution in [3.05, 3.63) is 18.3 Å². The van der Waals surface area contributed by atoms with Gasteiger partial charge in [-0.3, -0.25) is 0 Å². The number of hydrogen-bond acceptors (Lipinski definition) is 4. The van der Waals surface area contributed by atoms with Crippen LogP contribution in [0.2, 0.25) is 0 Å². The summed E-state index contributed by atoms with van der Waals surface area (Å²) in [6.07, 6.45) is 4.47. The van der Waals surface area contributed by atoms with Crippen LogP contribution in [0, 0.1) is 0 Å². The molecule has 0 saturated heterocycles. The van der Waals surface area contributed by atoms with Crippen LogP contribution in [-0.4, -0.2) is 30.8 Å². The van der Waals surface area contributed by atoms with Crippen molar-refractivity contribution in [2.75, 3.05) is 24.3 Å². The molecule has 0 unspecified atom stereocenters. The van der Waals surface area contributed by atoms with Gasteiger partial charge in [-0.1, -0.05) is 0 Å². The molecule has 1 aromatic rings. The molecule has 2 rings (SSSR count). The van der Waals surface area contributed by atoms with Gasteiger partial charge in [0, 0.05) is 37.6 Å². The van der Waals surface area contributed by atoms with Crippen LogP contribution >= 0.6 is 0 Å². The molecule has 1 aromatic heterocycles. The Balaban J connectivity index is 1.82. The van der Waals surface area contributed by atoms with Crippen molar-refractivity contribution in [2.45, 2.75) is 31.9 Å². The normalized spacial score (nSPS) is 23.6. The highest BCUT2D eigenvalue weighted by Crippen LogP contribution is 2.27. The second-order valence-electron chi connectivity index (χ2n) is 4.07. The molecule has 4 heteroatoms. The maximum Gasteiger partial charge on any atom is 0.127 e. The summed E-state index contributed by atoms with van der Waals surface area (Å²) < 4.78 is 5.53. The fourth-order valence-electron chi connectivity index (χ4n) is 1.95. The van der Waals surface area contributed by atoms with Crippen LogP contribution in [0.3, 0.4) is 0 Å². The molecule has 0 amide bonds. The molecule has 1 aliphatic carbocycles. The lowest BCUT2D eigenvalue weighted by atomic mass is 9.89. The van der Waals surface area contributed by atoms with Gasteiger partial charge in [0.05, 0.1) is 6.10 Å². The number of nitrogens with zero attached hydrogens (tertiary/aromatic N) is 1. The lowest BCUT2D eigenvalue weighted by molar-refractivity contribution is 0.00299. The second kappa shape index (κ2) is 5.16. The zero-order valence-electron chi connectivity index (χ0n) is 9.86. The zero-order chi connectivity index (χ0) is 11.4. The molecule has 1 fully saturated rings. The summed E-state index contributed by atoms with van der Waals surface area (Å²) in [7, 11) is 1.88. The molecular weight excluding hydrogens is 202 g/mol.